The fourth-order valence-corrected chi connectivity index (χ4v) is 2.87. The molecule has 0 bridgehead atoms. The van der Waals surface area contributed by atoms with Crippen LogP contribution in [0.2, 0.25) is 0 Å². The second-order valence-corrected chi connectivity index (χ2v) is 5.98. The fraction of sp³-hybridized carbons (Fsp3) is 0.143. The van der Waals surface area contributed by atoms with E-state index in [1.54, 1.807) is 6.07 Å². The van der Waals surface area contributed by atoms with Gasteiger partial charge in [-0.15, -0.1) is 0 Å². The number of ether oxygens (including phenoxy) is 2. The van der Waals surface area contributed by atoms with Crippen molar-refractivity contribution in [2.75, 3.05) is 12.1 Å². The standard InChI is InChI=1S/C14H10Br2FNO2/c15-10-5-14-13(19-7-20-14)3-8(10)6-18-12-2-1-9(17)4-11(12)16/h1-5,18H,6-7H2. The van der Waals surface area contributed by atoms with E-state index in [1.807, 2.05) is 12.1 Å². The maximum atomic E-state index is 13.0. The Balaban J connectivity index is 1.78. The normalized spacial score (nSPS) is 12.6. The number of halogens is 3. The van der Waals surface area contributed by atoms with Crippen LogP contribution in [0.25, 0.3) is 0 Å². The van der Waals surface area contributed by atoms with Crippen LogP contribution >= 0.6 is 31.9 Å². The minimum absolute atomic E-state index is 0.252. The second kappa shape index (κ2) is 5.61. The van der Waals surface area contributed by atoms with Crippen LogP contribution < -0.4 is 14.8 Å². The molecule has 3 nitrogen and oxygen atoms in total. The quantitative estimate of drug-likeness (QED) is 0.807. The molecule has 1 aliphatic rings. The first-order valence-corrected chi connectivity index (χ1v) is 7.49. The maximum absolute atomic E-state index is 13.0. The van der Waals surface area contributed by atoms with Crippen molar-refractivity contribution in [3.8, 4) is 11.5 Å². The molecule has 0 saturated heterocycles. The predicted molar refractivity (Wildman–Crippen MR) is 81.7 cm³/mol. The van der Waals surface area contributed by atoms with Crippen molar-refractivity contribution >= 4 is 37.5 Å². The van der Waals surface area contributed by atoms with Crippen molar-refractivity contribution in [2.24, 2.45) is 0 Å². The number of anilines is 1. The molecule has 20 heavy (non-hydrogen) atoms. The maximum Gasteiger partial charge on any atom is 0.231 e. The third-order valence-electron chi connectivity index (χ3n) is 2.94. The Hall–Kier alpha value is -1.27. The summed E-state index contributed by atoms with van der Waals surface area (Å²) in [6.07, 6.45) is 0. The van der Waals surface area contributed by atoms with E-state index in [0.29, 0.717) is 11.0 Å². The Labute approximate surface area is 132 Å². The summed E-state index contributed by atoms with van der Waals surface area (Å²) in [5, 5.41) is 3.25. The third kappa shape index (κ3) is 2.76. The average Bonchev–Trinajstić information content (AvgIpc) is 2.84. The topological polar surface area (TPSA) is 30.5 Å². The summed E-state index contributed by atoms with van der Waals surface area (Å²) >= 11 is 6.84. The van der Waals surface area contributed by atoms with Crippen LogP contribution in [-0.4, -0.2) is 6.79 Å². The van der Waals surface area contributed by atoms with Gasteiger partial charge in [-0.05, 0) is 51.8 Å². The van der Waals surface area contributed by atoms with Crippen molar-refractivity contribution in [3.05, 3.63) is 50.7 Å². The second-order valence-electron chi connectivity index (χ2n) is 4.27. The monoisotopic (exact) mass is 401 g/mol. The molecule has 0 aromatic heterocycles. The van der Waals surface area contributed by atoms with Gasteiger partial charge in [-0.25, -0.2) is 4.39 Å². The van der Waals surface area contributed by atoms with E-state index in [9.17, 15) is 4.39 Å². The van der Waals surface area contributed by atoms with E-state index in [2.05, 4.69) is 37.2 Å². The summed E-state index contributed by atoms with van der Waals surface area (Å²) in [5.74, 6) is 1.21. The van der Waals surface area contributed by atoms with Crippen molar-refractivity contribution < 1.29 is 13.9 Å². The number of nitrogens with one attached hydrogen (secondary N) is 1. The summed E-state index contributed by atoms with van der Waals surface area (Å²) < 4.78 is 25.3. The number of fused-ring (bicyclic) bond motifs is 1. The minimum atomic E-state index is -0.272. The molecule has 0 amide bonds. The number of rotatable bonds is 3. The van der Waals surface area contributed by atoms with Crippen LogP contribution in [0.5, 0.6) is 11.5 Å². The highest BCUT2D eigenvalue weighted by molar-refractivity contribution is 9.11. The molecule has 1 N–H and O–H groups in total. The molecule has 0 spiro atoms. The van der Waals surface area contributed by atoms with Crippen LogP contribution in [0.15, 0.2) is 39.3 Å². The van der Waals surface area contributed by atoms with Crippen molar-refractivity contribution in [1.29, 1.82) is 0 Å². The van der Waals surface area contributed by atoms with E-state index in [4.69, 9.17) is 9.47 Å². The first kappa shape index (κ1) is 13.7. The highest BCUT2D eigenvalue weighted by Gasteiger charge is 2.16. The fourth-order valence-electron chi connectivity index (χ4n) is 1.92. The van der Waals surface area contributed by atoms with Crippen molar-refractivity contribution in [2.45, 2.75) is 6.54 Å². The summed E-state index contributed by atoms with van der Waals surface area (Å²) in [6, 6.07) is 8.36. The van der Waals surface area contributed by atoms with Gasteiger partial charge in [0.25, 0.3) is 0 Å². The van der Waals surface area contributed by atoms with Crippen LogP contribution in [0.4, 0.5) is 10.1 Å². The van der Waals surface area contributed by atoms with Gasteiger partial charge < -0.3 is 14.8 Å². The Morgan fingerprint density at radius 2 is 1.80 bits per heavy atom. The lowest BCUT2D eigenvalue weighted by atomic mass is 10.2. The van der Waals surface area contributed by atoms with Gasteiger partial charge in [0, 0.05) is 21.2 Å². The largest absolute Gasteiger partial charge is 0.454 e. The predicted octanol–water partition coefficient (Wildman–Crippen LogP) is 4.69. The Morgan fingerprint density at radius 1 is 1.05 bits per heavy atom. The number of hydrogen-bond acceptors (Lipinski definition) is 3. The molecule has 0 saturated carbocycles. The van der Waals surface area contributed by atoms with Crippen LogP contribution in [0.3, 0.4) is 0 Å². The lowest BCUT2D eigenvalue weighted by Crippen LogP contribution is -2.01. The van der Waals surface area contributed by atoms with Gasteiger partial charge in [-0.1, -0.05) is 15.9 Å². The van der Waals surface area contributed by atoms with Gasteiger partial charge in [0.1, 0.15) is 5.82 Å². The molecule has 3 rings (SSSR count). The number of hydrogen-bond donors (Lipinski definition) is 1. The van der Waals surface area contributed by atoms with Crippen molar-refractivity contribution in [3.63, 3.8) is 0 Å². The van der Waals surface area contributed by atoms with E-state index in [0.717, 1.165) is 27.2 Å². The Morgan fingerprint density at radius 3 is 2.55 bits per heavy atom. The molecule has 1 aliphatic heterocycles. The summed E-state index contributed by atoms with van der Waals surface area (Å²) in [5.41, 5.74) is 1.86. The van der Waals surface area contributed by atoms with E-state index < -0.39 is 0 Å². The zero-order chi connectivity index (χ0) is 14.1. The first-order valence-electron chi connectivity index (χ1n) is 5.90. The average molecular weight is 403 g/mol. The highest BCUT2D eigenvalue weighted by Crippen LogP contribution is 2.37. The van der Waals surface area contributed by atoms with Gasteiger partial charge in [-0.2, -0.15) is 0 Å². The molecule has 6 heteroatoms. The molecule has 2 aromatic carbocycles. The Bertz CT molecular complexity index is 664. The summed E-state index contributed by atoms with van der Waals surface area (Å²) in [7, 11) is 0. The third-order valence-corrected chi connectivity index (χ3v) is 4.34. The zero-order valence-electron chi connectivity index (χ0n) is 10.3. The van der Waals surface area contributed by atoms with Gasteiger partial charge in [0.2, 0.25) is 6.79 Å². The van der Waals surface area contributed by atoms with E-state index in [-0.39, 0.29) is 12.6 Å². The molecular weight excluding hydrogens is 393 g/mol. The van der Waals surface area contributed by atoms with Crippen LogP contribution in [-0.2, 0) is 6.54 Å². The SMILES string of the molecule is Fc1ccc(NCc2cc3c(cc2Br)OCO3)c(Br)c1. The van der Waals surface area contributed by atoms with Crippen molar-refractivity contribution in [1.82, 2.24) is 0 Å². The lowest BCUT2D eigenvalue weighted by Gasteiger charge is -2.11. The molecule has 0 fully saturated rings. The van der Waals surface area contributed by atoms with Crippen LogP contribution in [0, 0.1) is 5.82 Å². The van der Waals surface area contributed by atoms with Gasteiger partial charge in [0.05, 0.1) is 0 Å². The molecule has 0 radical (unpaired) electrons. The molecule has 0 atom stereocenters. The van der Waals surface area contributed by atoms with Crippen LogP contribution in [0.1, 0.15) is 5.56 Å². The van der Waals surface area contributed by atoms with E-state index >= 15 is 0 Å². The first-order chi connectivity index (χ1) is 9.63. The lowest BCUT2D eigenvalue weighted by molar-refractivity contribution is 0.174. The van der Waals surface area contributed by atoms with Gasteiger partial charge >= 0.3 is 0 Å². The number of benzene rings is 2. The summed E-state index contributed by atoms with van der Waals surface area (Å²) in [4.78, 5) is 0. The zero-order valence-corrected chi connectivity index (χ0v) is 13.4. The van der Waals surface area contributed by atoms with E-state index in [1.165, 1.54) is 12.1 Å². The highest BCUT2D eigenvalue weighted by atomic mass is 79.9. The molecule has 0 aliphatic carbocycles. The molecule has 1 heterocycles. The van der Waals surface area contributed by atoms with Gasteiger partial charge in [-0.3, -0.25) is 0 Å². The molecule has 2 aromatic rings. The minimum Gasteiger partial charge on any atom is -0.454 e. The Kier molecular flexibility index (Phi) is 3.85. The molecule has 104 valence electrons. The molecule has 0 unspecified atom stereocenters. The summed E-state index contributed by atoms with van der Waals surface area (Å²) in [6.45, 7) is 0.837. The smallest absolute Gasteiger partial charge is 0.231 e. The molecular formula is C14H10Br2FNO2. The van der Waals surface area contributed by atoms with Gasteiger partial charge in [0.15, 0.2) is 11.5 Å².